The number of rotatable bonds is 1. The Bertz CT molecular complexity index is 549. The number of nitrogens with one attached hydrogen (secondary N) is 2. The van der Waals surface area contributed by atoms with Crippen LogP contribution in [0.2, 0.25) is 0 Å². The fraction of sp³-hybridized carbons (Fsp3) is 0.364. The first-order valence-corrected chi connectivity index (χ1v) is 5.65. The Labute approximate surface area is 110 Å². The fourth-order valence-electron chi connectivity index (χ4n) is 2.02. The molecule has 0 unspecified atom stereocenters. The lowest BCUT2D eigenvalue weighted by molar-refractivity contribution is 0.0736. The van der Waals surface area contributed by atoms with Crippen molar-refractivity contribution in [2.24, 2.45) is 0 Å². The third-order valence-corrected chi connectivity index (χ3v) is 2.97. The summed E-state index contributed by atoms with van der Waals surface area (Å²) in [5.41, 5.74) is 2.18. The molecule has 2 aromatic rings. The molecule has 0 aliphatic carbocycles. The van der Waals surface area contributed by atoms with Crippen LogP contribution in [0, 0.1) is 0 Å². The number of carbonyl (C=O) groups excluding carboxylic acids is 1. The van der Waals surface area contributed by atoms with Crippen LogP contribution in [0.3, 0.4) is 0 Å². The third-order valence-electron chi connectivity index (χ3n) is 2.97. The van der Waals surface area contributed by atoms with Crippen molar-refractivity contribution in [3.63, 3.8) is 0 Å². The smallest absolute Gasteiger partial charge is 0.254 e. The molecule has 2 N–H and O–H groups in total. The van der Waals surface area contributed by atoms with Crippen molar-refractivity contribution in [2.45, 2.75) is 0 Å². The van der Waals surface area contributed by atoms with Crippen molar-refractivity contribution in [2.75, 3.05) is 26.2 Å². The third kappa shape index (κ3) is 2.30. The van der Waals surface area contributed by atoms with Crippen LogP contribution in [0.4, 0.5) is 0 Å². The number of hydrogen-bond acceptors (Lipinski definition) is 4. The molecule has 1 aliphatic heterocycles. The van der Waals surface area contributed by atoms with Crippen LogP contribution in [-0.2, 0) is 0 Å². The van der Waals surface area contributed by atoms with Crippen molar-refractivity contribution in [1.82, 2.24) is 25.6 Å². The van der Waals surface area contributed by atoms with Crippen molar-refractivity contribution < 1.29 is 4.79 Å². The summed E-state index contributed by atoms with van der Waals surface area (Å²) in [6, 6.07) is 5.40. The number of amides is 1. The van der Waals surface area contributed by atoms with Crippen LogP contribution < -0.4 is 5.32 Å². The molecule has 96 valence electrons. The second kappa shape index (κ2) is 5.32. The van der Waals surface area contributed by atoms with Gasteiger partial charge in [-0.05, 0) is 18.2 Å². The molecular weight excluding hydrogens is 254 g/mol. The molecule has 0 radical (unpaired) electrons. The number of piperazine rings is 1. The lowest BCUT2D eigenvalue weighted by Crippen LogP contribution is -2.46. The topological polar surface area (TPSA) is 73.9 Å². The zero-order chi connectivity index (χ0) is 11.7. The van der Waals surface area contributed by atoms with E-state index in [0.29, 0.717) is 5.56 Å². The Hall–Kier alpha value is -1.66. The number of hydrogen-bond donors (Lipinski definition) is 2. The molecule has 1 aliphatic rings. The lowest BCUT2D eigenvalue weighted by Gasteiger charge is -2.27. The van der Waals surface area contributed by atoms with Crippen LogP contribution in [0.1, 0.15) is 10.4 Å². The number of nitrogens with zero attached hydrogens (tertiary/aromatic N) is 3. The maximum absolute atomic E-state index is 12.2. The minimum Gasteiger partial charge on any atom is -0.336 e. The maximum Gasteiger partial charge on any atom is 0.254 e. The molecule has 2 heterocycles. The van der Waals surface area contributed by atoms with Gasteiger partial charge in [0.1, 0.15) is 11.0 Å². The van der Waals surface area contributed by atoms with Gasteiger partial charge < -0.3 is 10.2 Å². The zero-order valence-electron chi connectivity index (χ0n) is 9.72. The van der Waals surface area contributed by atoms with Gasteiger partial charge in [-0.15, -0.1) is 12.4 Å². The van der Waals surface area contributed by atoms with Crippen LogP contribution in [0.15, 0.2) is 18.2 Å². The summed E-state index contributed by atoms with van der Waals surface area (Å²) in [6.07, 6.45) is 0. The van der Waals surface area contributed by atoms with E-state index >= 15 is 0 Å². The van der Waals surface area contributed by atoms with Gasteiger partial charge in [-0.1, -0.05) is 0 Å². The predicted octanol–water partition coefficient (Wildman–Crippen LogP) is 0.425. The minimum atomic E-state index is 0. The van der Waals surface area contributed by atoms with Gasteiger partial charge in [0.2, 0.25) is 0 Å². The van der Waals surface area contributed by atoms with E-state index in [2.05, 4.69) is 20.7 Å². The number of fused-ring (bicyclic) bond motifs is 1. The van der Waals surface area contributed by atoms with E-state index in [1.807, 2.05) is 11.0 Å². The molecule has 1 amide bonds. The van der Waals surface area contributed by atoms with Crippen molar-refractivity contribution in [3.05, 3.63) is 23.8 Å². The summed E-state index contributed by atoms with van der Waals surface area (Å²) >= 11 is 0. The highest BCUT2D eigenvalue weighted by Gasteiger charge is 2.18. The molecule has 3 rings (SSSR count). The minimum absolute atomic E-state index is 0. The summed E-state index contributed by atoms with van der Waals surface area (Å²) in [5.74, 6) is 0.0661. The van der Waals surface area contributed by atoms with E-state index in [0.717, 1.165) is 37.2 Å². The Balaban J connectivity index is 0.00000120. The Morgan fingerprint density at radius 2 is 1.89 bits per heavy atom. The monoisotopic (exact) mass is 267 g/mol. The van der Waals surface area contributed by atoms with Crippen molar-refractivity contribution in [3.8, 4) is 0 Å². The molecule has 18 heavy (non-hydrogen) atoms. The summed E-state index contributed by atoms with van der Waals surface area (Å²) in [4.78, 5) is 14.1. The summed E-state index contributed by atoms with van der Waals surface area (Å²) in [7, 11) is 0. The molecule has 0 atom stereocenters. The van der Waals surface area contributed by atoms with Crippen LogP contribution >= 0.6 is 12.4 Å². The first-order chi connectivity index (χ1) is 8.34. The largest absolute Gasteiger partial charge is 0.336 e. The molecule has 1 saturated heterocycles. The SMILES string of the molecule is Cl.O=C(c1ccc2n[nH]nc2c1)N1CCNCC1. The number of halogens is 1. The van der Waals surface area contributed by atoms with E-state index in [-0.39, 0.29) is 18.3 Å². The number of carbonyl (C=O) groups is 1. The van der Waals surface area contributed by atoms with Gasteiger partial charge in [0.05, 0.1) is 0 Å². The molecule has 0 bridgehead atoms. The van der Waals surface area contributed by atoms with Crippen molar-refractivity contribution >= 4 is 29.3 Å². The Kier molecular flexibility index (Phi) is 3.78. The first kappa shape index (κ1) is 12.8. The van der Waals surface area contributed by atoms with Gasteiger partial charge >= 0.3 is 0 Å². The lowest BCUT2D eigenvalue weighted by atomic mass is 10.1. The predicted molar refractivity (Wildman–Crippen MR) is 69.9 cm³/mol. The molecule has 1 aromatic carbocycles. The van der Waals surface area contributed by atoms with Crippen molar-refractivity contribution in [1.29, 1.82) is 0 Å². The summed E-state index contributed by atoms with van der Waals surface area (Å²) < 4.78 is 0. The molecule has 7 heteroatoms. The van der Waals surface area contributed by atoms with Gasteiger partial charge in [-0.25, -0.2) is 0 Å². The normalized spacial score (nSPS) is 15.4. The molecular formula is C11H14ClN5O. The second-order valence-electron chi connectivity index (χ2n) is 4.07. The summed E-state index contributed by atoms with van der Waals surface area (Å²) in [6.45, 7) is 3.24. The number of benzene rings is 1. The molecule has 1 fully saturated rings. The fourth-order valence-corrected chi connectivity index (χ4v) is 2.02. The molecule has 6 nitrogen and oxygen atoms in total. The molecule has 1 aromatic heterocycles. The van der Waals surface area contributed by atoms with Crippen LogP contribution in [0.5, 0.6) is 0 Å². The van der Waals surface area contributed by atoms with Gasteiger partial charge in [0, 0.05) is 31.7 Å². The van der Waals surface area contributed by atoms with Gasteiger partial charge in [-0.3, -0.25) is 4.79 Å². The quantitative estimate of drug-likeness (QED) is 0.786. The van der Waals surface area contributed by atoms with Gasteiger partial charge in [0.25, 0.3) is 5.91 Å². The molecule has 0 spiro atoms. The standard InChI is InChI=1S/C11H13N5O.ClH/c17-11(16-5-3-12-4-6-16)8-1-2-9-10(7-8)14-15-13-9;/h1-2,7,12H,3-6H2,(H,13,14,15);1H. The highest BCUT2D eigenvalue weighted by atomic mass is 35.5. The number of aromatic amines is 1. The summed E-state index contributed by atoms with van der Waals surface area (Å²) in [5, 5.41) is 13.7. The number of H-pyrrole nitrogens is 1. The number of aromatic nitrogens is 3. The van der Waals surface area contributed by atoms with E-state index in [1.54, 1.807) is 12.1 Å². The average Bonchev–Trinajstić information content (AvgIpc) is 2.86. The highest BCUT2D eigenvalue weighted by Crippen LogP contribution is 2.12. The zero-order valence-corrected chi connectivity index (χ0v) is 10.5. The average molecular weight is 268 g/mol. The molecule has 0 saturated carbocycles. The second-order valence-corrected chi connectivity index (χ2v) is 4.07. The van der Waals surface area contributed by atoms with E-state index in [9.17, 15) is 4.79 Å². The van der Waals surface area contributed by atoms with Gasteiger partial charge in [0.15, 0.2) is 0 Å². The van der Waals surface area contributed by atoms with Crippen LogP contribution in [0.25, 0.3) is 11.0 Å². The van der Waals surface area contributed by atoms with E-state index in [1.165, 1.54) is 0 Å². The maximum atomic E-state index is 12.2. The van der Waals surface area contributed by atoms with Gasteiger partial charge in [-0.2, -0.15) is 15.4 Å². The Morgan fingerprint density at radius 3 is 2.67 bits per heavy atom. The highest BCUT2D eigenvalue weighted by molar-refractivity contribution is 5.97. The Morgan fingerprint density at radius 1 is 1.17 bits per heavy atom. The van der Waals surface area contributed by atoms with E-state index in [4.69, 9.17) is 0 Å². The first-order valence-electron chi connectivity index (χ1n) is 5.65. The van der Waals surface area contributed by atoms with E-state index < -0.39 is 0 Å². The van der Waals surface area contributed by atoms with Crippen LogP contribution in [-0.4, -0.2) is 52.4 Å².